The third kappa shape index (κ3) is 56.5. The molecule has 0 saturated carbocycles. The molecule has 0 aromatic heterocycles. The number of hydrogen-bond donors (Lipinski definition) is 0. The van der Waals surface area contributed by atoms with Gasteiger partial charge in [0.2, 0.25) is 0 Å². The molecule has 0 fully saturated rings. The van der Waals surface area contributed by atoms with Crippen LogP contribution in [0.1, 0.15) is 335 Å². The van der Waals surface area contributed by atoms with Gasteiger partial charge < -0.3 is 14.2 Å². The number of carbonyl (C=O) groups is 3. The van der Waals surface area contributed by atoms with Gasteiger partial charge in [0.05, 0.1) is 0 Å². The van der Waals surface area contributed by atoms with Gasteiger partial charge in [-0.1, -0.05) is 276 Å². The van der Waals surface area contributed by atoms with Gasteiger partial charge in [-0.3, -0.25) is 14.4 Å². The van der Waals surface area contributed by atoms with Gasteiger partial charge in [0.25, 0.3) is 0 Å². The summed E-state index contributed by atoms with van der Waals surface area (Å²) < 4.78 is 16.9. The van der Waals surface area contributed by atoms with Crippen LogP contribution >= 0.6 is 0 Å². The average Bonchev–Trinajstić information content (AvgIpc) is 3.36. The summed E-state index contributed by atoms with van der Waals surface area (Å²) in [7, 11) is 0. The van der Waals surface area contributed by atoms with Crippen LogP contribution in [0.4, 0.5) is 0 Å². The first-order valence-electron chi connectivity index (χ1n) is 31.0. The molecule has 0 aliphatic carbocycles. The Labute approximate surface area is 435 Å². The minimum absolute atomic E-state index is 0.0766. The lowest BCUT2D eigenvalue weighted by Gasteiger charge is -2.18. The highest BCUT2D eigenvalue weighted by atomic mass is 16.6. The third-order valence-electron chi connectivity index (χ3n) is 13.9. The number of ether oxygens (including phenoxy) is 3. The highest BCUT2D eigenvalue weighted by Crippen LogP contribution is 2.17. The minimum Gasteiger partial charge on any atom is -0.462 e. The zero-order valence-corrected chi connectivity index (χ0v) is 47.1. The minimum atomic E-state index is -0.781. The van der Waals surface area contributed by atoms with Crippen LogP contribution in [0.2, 0.25) is 0 Å². The van der Waals surface area contributed by atoms with Crippen LogP contribution in [-0.2, 0) is 28.6 Å². The summed E-state index contributed by atoms with van der Waals surface area (Å²) in [6.07, 6.45) is 71.4. The molecule has 0 bridgehead atoms. The van der Waals surface area contributed by atoms with Gasteiger partial charge in [-0.25, -0.2) is 0 Å². The van der Waals surface area contributed by atoms with E-state index in [0.717, 1.165) is 89.9 Å². The molecule has 410 valence electrons. The highest BCUT2D eigenvalue weighted by molar-refractivity contribution is 5.71. The number of esters is 3. The van der Waals surface area contributed by atoms with Crippen LogP contribution in [0.5, 0.6) is 0 Å². The van der Waals surface area contributed by atoms with Gasteiger partial charge in [0.15, 0.2) is 6.10 Å². The monoisotopic (exact) mass is 983 g/mol. The van der Waals surface area contributed by atoms with Gasteiger partial charge in [-0.05, 0) is 77.0 Å². The van der Waals surface area contributed by atoms with Crippen molar-refractivity contribution in [1.82, 2.24) is 0 Å². The Morgan fingerprint density at radius 1 is 0.286 bits per heavy atom. The van der Waals surface area contributed by atoms with E-state index in [0.29, 0.717) is 19.3 Å². The normalized spacial score (nSPS) is 12.2. The van der Waals surface area contributed by atoms with Crippen molar-refractivity contribution in [2.24, 2.45) is 0 Å². The fourth-order valence-corrected chi connectivity index (χ4v) is 9.18. The molecule has 0 aromatic carbocycles. The molecule has 0 saturated heterocycles. The zero-order valence-electron chi connectivity index (χ0n) is 47.1. The molecule has 0 rings (SSSR count). The van der Waals surface area contributed by atoms with E-state index in [4.69, 9.17) is 14.2 Å². The molecule has 1 unspecified atom stereocenters. The predicted molar refractivity (Wildman–Crippen MR) is 302 cm³/mol. The SMILES string of the molecule is CCCCCC/C=C\C/C=C\CCCCCCCC(=O)OC(COC(=O)CCCCCCC/C=C\CCCCCCCC)COC(=O)CCCCCCCCCCCCCCCCCCCCCCC. The predicted octanol–water partition coefficient (Wildman–Crippen LogP) is 20.8. The maximum atomic E-state index is 12.9. The van der Waals surface area contributed by atoms with Gasteiger partial charge in [0, 0.05) is 19.3 Å². The van der Waals surface area contributed by atoms with Gasteiger partial charge >= 0.3 is 17.9 Å². The van der Waals surface area contributed by atoms with Crippen molar-refractivity contribution < 1.29 is 28.6 Å². The molecule has 0 aliphatic rings. The third-order valence-corrected chi connectivity index (χ3v) is 13.9. The first-order chi connectivity index (χ1) is 34.5. The molecule has 0 N–H and O–H groups in total. The second kappa shape index (κ2) is 59.2. The second-order valence-corrected chi connectivity index (χ2v) is 21.0. The molecule has 70 heavy (non-hydrogen) atoms. The van der Waals surface area contributed by atoms with Crippen molar-refractivity contribution in [3.63, 3.8) is 0 Å². The first-order valence-corrected chi connectivity index (χ1v) is 31.0. The number of hydrogen-bond acceptors (Lipinski definition) is 6. The Kier molecular flexibility index (Phi) is 57.2. The quantitative estimate of drug-likeness (QED) is 0.0261. The van der Waals surface area contributed by atoms with E-state index < -0.39 is 6.10 Å². The zero-order chi connectivity index (χ0) is 50.7. The molecule has 6 heteroatoms. The number of unbranched alkanes of at least 4 members (excludes halogenated alkanes) is 40. The highest BCUT2D eigenvalue weighted by Gasteiger charge is 2.19. The van der Waals surface area contributed by atoms with Crippen LogP contribution in [0.15, 0.2) is 36.5 Å². The Morgan fingerprint density at radius 2 is 0.514 bits per heavy atom. The van der Waals surface area contributed by atoms with Crippen LogP contribution in [0, 0.1) is 0 Å². The van der Waals surface area contributed by atoms with Crippen molar-refractivity contribution >= 4 is 17.9 Å². The summed E-state index contributed by atoms with van der Waals surface area (Å²) in [5, 5.41) is 0. The molecule has 1 atom stereocenters. The fourth-order valence-electron chi connectivity index (χ4n) is 9.18. The summed E-state index contributed by atoms with van der Waals surface area (Å²) in [6, 6.07) is 0. The average molecular weight is 984 g/mol. The smallest absolute Gasteiger partial charge is 0.306 e. The van der Waals surface area contributed by atoms with E-state index in [-0.39, 0.29) is 31.1 Å². The Balaban J connectivity index is 4.32. The molecule has 0 aromatic rings. The summed E-state index contributed by atoms with van der Waals surface area (Å²) in [4.78, 5) is 38.2. The van der Waals surface area contributed by atoms with Crippen molar-refractivity contribution in [1.29, 1.82) is 0 Å². The maximum absolute atomic E-state index is 12.9. The second-order valence-electron chi connectivity index (χ2n) is 21.0. The molecule has 6 nitrogen and oxygen atoms in total. The lowest BCUT2D eigenvalue weighted by Crippen LogP contribution is -2.30. The van der Waals surface area contributed by atoms with Gasteiger partial charge in [0.1, 0.15) is 13.2 Å². The fraction of sp³-hybridized carbons (Fsp3) is 0.859. The molecule has 0 heterocycles. The van der Waals surface area contributed by atoms with Gasteiger partial charge in [-0.15, -0.1) is 0 Å². The summed E-state index contributed by atoms with van der Waals surface area (Å²) in [5.74, 6) is -0.878. The largest absolute Gasteiger partial charge is 0.462 e. The molecule has 0 radical (unpaired) electrons. The van der Waals surface area contributed by atoms with Crippen molar-refractivity contribution in [3.8, 4) is 0 Å². The summed E-state index contributed by atoms with van der Waals surface area (Å²) >= 11 is 0. The molecular formula is C64H118O6. The lowest BCUT2D eigenvalue weighted by atomic mass is 10.0. The van der Waals surface area contributed by atoms with E-state index in [2.05, 4.69) is 57.2 Å². The number of carbonyl (C=O) groups excluding carboxylic acids is 3. The molecule has 0 amide bonds. The lowest BCUT2D eigenvalue weighted by molar-refractivity contribution is -0.167. The molecule has 0 aliphatic heterocycles. The Bertz CT molecular complexity index is 1170. The van der Waals surface area contributed by atoms with E-state index in [9.17, 15) is 14.4 Å². The first kappa shape index (κ1) is 67.6. The number of allylic oxidation sites excluding steroid dienone is 6. The number of rotatable bonds is 57. The Hall–Kier alpha value is -2.37. The van der Waals surface area contributed by atoms with Crippen LogP contribution in [-0.4, -0.2) is 37.2 Å². The standard InChI is InChI=1S/C64H118O6/c1-4-7-10-13-16-19-22-25-28-30-31-32-33-34-37-39-42-45-48-51-54-57-63(66)69-60-61(59-68-62(65)56-53-50-47-44-41-38-35-27-24-21-18-15-12-9-6-3)70-64(67)58-55-52-49-46-43-40-36-29-26-23-20-17-14-11-8-5-2/h20,23,27,29,35-36,61H,4-19,21-22,24-26,28,30-34,37-60H2,1-3H3/b23-20-,35-27-,36-29-. The van der Waals surface area contributed by atoms with E-state index in [1.165, 1.54) is 205 Å². The Morgan fingerprint density at radius 3 is 0.814 bits per heavy atom. The molecule has 0 spiro atoms. The summed E-state index contributed by atoms with van der Waals surface area (Å²) in [6.45, 7) is 6.65. The topological polar surface area (TPSA) is 78.9 Å². The van der Waals surface area contributed by atoms with Crippen molar-refractivity contribution in [3.05, 3.63) is 36.5 Å². The van der Waals surface area contributed by atoms with Crippen molar-refractivity contribution in [2.45, 2.75) is 341 Å². The van der Waals surface area contributed by atoms with Crippen LogP contribution in [0.3, 0.4) is 0 Å². The molecular weight excluding hydrogens is 865 g/mol. The van der Waals surface area contributed by atoms with Crippen LogP contribution in [0.25, 0.3) is 0 Å². The maximum Gasteiger partial charge on any atom is 0.306 e. The van der Waals surface area contributed by atoms with Crippen LogP contribution < -0.4 is 0 Å². The summed E-state index contributed by atoms with van der Waals surface area (Å²) in [5.41, 5.74) is 0. The van der Waals surface area contributed by atoms with E-state index in [1.807, 2.05) is 0 Å². The van der Waals surface area contributed by atoms with E-state index in [1.54, 1.807) is 0 Å². The van der Waals surface area contributed by atoms with Gasteiger partial charge in [-0.2, -0.15) is 0 Å². The van der Waals surface area contributed by atoms with E-state index >= 15 is 0 Å². The van der Waals surface area contributed by atoms with Crippen molar-refractivity contribution in [2.75, 3.05) is 13.2 Å².